The van der Waals surface area contributed by atoms with E-state index in [1.165, 1.54) is 0 Å². The molecule has 0 aliphatic carbocycles. The number of nitrogens with zero attached hydrogens (tertiary/aromatic N) is 2. The SMILES string of the molecule is N#CCc1ccc(NC(=O)[C@H]2CC(=O)N(c3cccc(Cl)c3)C2)cc1. The first-order valence-corrected chi connectivity index (χ1v) is 8.27. The molecule has 0 unspecified atom stereocenters. The minimum absolute atomic E-state index is 0.0909. The fourth-order valence-electron chi connectivity index (χ4n) is 2.82. The van der Waals surface area contributed by atoms with Gasteiger partial charge in [0, 0.05) is 29.4 Å². The van der Waals surface area contributed by atoms with Crippen molar-refractivity contribution in [2.75, 3.05) is 16.8 Å². The van der Waals surface area contributed by atoms with Gasteiger partial charge in [-0.15, -0.1) is 0 Å². The van der Waals surface area contributed by atoms with Crippen molar-refractivity contribution in [1.82, 2.24) is 0 Å². The molecule has 1 atom stereocenters. The molecular formula is C19H16ClN3O2. The van der Waals surface area contributed by atoms with Crippen molar-refractivity contribution in [3.05, 3.63) is 59.1 Å². The molecule has 1 N–H and O–H groups in total. The van der Waals surface area contributed by atoms with Gasteiger partial charge in [0.2, 0.25) is 11.8 Å². The standard InChI is InChI=1S/C19H16ClN3O2/c20-15-2-1-3-17(11-15)23-12-14(10-18(23)24)19(25)22-16-6-4-13(5-7-16)8-9-21/h1-7,11,14H,8,10,12H2,(H,22,25)/t14-/m0/s1. The maximum absolute atomic E-state index is 12.4. The van der Waals surface area contributed by atoms with Gasteiger partial charge in [-0.2, -0.15) is 5.26 Å². The van der Waals surface area contributed by atoms with Gasteiger partial charge >= 0.3 is 0 Å². The largest absolute Gasteiger partial charge is 0.326 e. The summed E-state index contributed by atoms with van der Waals surface area (Å²) in [4.78, 5) is 26.3. The van der Waals surface area contributed by atoms with Gasteiger partial charge in [-0.05, 0) is 35.9 Å². The summed E-state index contributed by atoms with van der Waals surface area (Å²) in [6.45, 7) is 0.331. The van der Waals surface area contributed by atoms with Gasteiger partial charge in [0.05, 0.1) is 18.4 Å². The molecule has 0 aromatic heterocycles. The number of nitrogens with one attached hydrogen (secondary N) is 1. The van der Waals surface area contributed by atoms with Crippen molar-refractivity contribution in [3.63, 3.8) is 0 Å². The number of carbonyl (C=O) groups is 2. The minimum atomic E-state index is -0.412. The third-order valence-electron chi connectivity index (χ3n) is 4.12. The zero-order valence-electron chi connectivity index (χ0n) is 13.4. The fourth-order valence-corrected chi connectivity index (χ4v) is 3.00. The third kappa shape index (κ3) is 3.98. The van der Waals surface area contributed by atoms with E-state index in [-0.39, 0.29) is 18.2 Å². The summed E-state index contributed by atoms with van der Waals surface area (Å²) in [5.41, 5.74) is 2.25. The topological polar surface area (TPSA) is 73.2 Å². The van der Waals surface area contributed by atoms with Crippen LogP contribution in [0.3, 0.4) is 0 Å². The monoisotopic (exact) mass is 353 g/mol. The molecule has 126 valence electrons. The van der Waals surface area contributed by atoms with Gasteiger partial charge in [-0.1, -0.05) is 29.8 Å². The fraction of sp³-hybridized carbons (Fsp3) is 0.211. The maximum Gasteiger partial charge on any atom is 0.229 e. The quantitative estimate of drug-likeness (QED) is 0.915. The number of rotatable bonds is 4. The van der Waals surface area contributed by atoms with Crippen molar-refractivity contribution >= 4 is 34.8 Å². The van der Waals surface area contributed by atoms with E-state index >= 15 is 0 Å². The Bertz CT molecular complexity index is 842. The average molecular weight is 354 g/mol. The Morgan fingerprint density at radius 1 is 1.28 bits per heavy atom. The number of benzene rings is 2. The Balaban J connectivity index is 1.65. The first-order chi connectivity index (χ1) is 12.1. The first kappa shape index (κ1) is 17.0. The van der Waals surface area contributed by atoms with E-state index in [0.29, 0.717) is 29.4 Å². The second kappa shape index (κ2) is 7.37. The summed E-state index contributed by atoms with van der Waals surface area (Å²) in [7, 11) is 0. The Hall–Kier alpha value is -2.84. The highest BCUT2D eigenvalue weighted by atomic mass is 35.5. The Morgan fingerprint density at radius 3 is 2.72 bits per heavy atom. The highest BCUT2D eigenvalue weighted by Gasteiger charge is 2.35. The van der Waals surface area contributed by atoms with Crippen LogP contribution in [-0.4, -0.2) is 18.4 Å². The smallest absolute Gasteiger partial charge is 0.229 e. The summed E-state index contributed by atoms with van der Waals surface area (Å²) in [5.74, 6) is -0.692. The van der Waals surface area contributed by atoms with Gasteiger partial charge in [0.1, 0.15) is 0 Å². The lowest BCUT2D eigenvalue weighted by Gasteiger charge is -2.17. The van der Waals surface area contributed by atoms with Crippen LogP contribution in [0.25, 0.3) is 0 Å². The van der Waals surface area contributed by atoms with Gasteiger partial charge in [0.15, 0.2) is 0 Å². The molecular weight excluding hydrogens is 338 g/mol. The van der Waals surface area contributed by atoms with Gasteiger partial charge < -0.3 is 10.2 Å². The molecule has 0 saturated carbocycles. The van der Waals surface area contributed by atoms with Crippen molar-refractivity contribution in [2.24, 2.45) is 5.92 Å². The minimum Gasteiger partial charge on any atom is -0.326 e. The second-order valence-electron chi connectivity index (χ2n) is 5.91. The number of halogens is 1. The zero-order chi connectivity index (χ0) is 17.8. The van der Waals surface area contributed by atoms with Crippen molar-refractivity contribution in [2.45, 2.75) is 12.8 Å². The molecule has 2 aromatic rings. The molecule has 0 spiro atoms. The average Bonchev–Trinajstić information content (AvgIpc) is 2.99. The van der Waals surface area contributed by atoms with Gasteiger partial charge in [-0.25, -0.2) is 0 Å². The van der Waals surface area contributed by atoms with E-state index in [1.807, 2.05) is 0 Å². The van der Waals surface area contributed by atoms with E-state index in [0.717, 1.165) is 5.56 Å². The molecule has 1 aliphatic heterocycles. The number of anilines is 2. The first-order valence-electron chi connectivity index (χ1n) is 7.89. The molecule has 1 heterocycles. The zero-order valence-corrected chi connectivity index (χ0v) is 14.2. The third-order valence-corrected chi connectivity index (χ3v) is 4.36. The van der Waals surface area contributed by atoms with Crippen LogP contribution in [0.5, 0.6) is 0 Å². The predicted molar refractivity (Wildman–Crippen MR) is 96.3 cm³/mol. The molecule has 25 heavy (non-hydrogen) atoms. The summed E-state index contributed by atoms with van der Waals surface area (Å²) in [6, 6.07) is 16.2. The molecule has 2 amide bonds. The predicted octanol–water partition coefficient (Wildman–Crippen LogP) is 3.40. The molecule has 0 bridgehead atoms. The lowest BCUT2D eigenvalue weighted by atomic mass is 10.1. The van der Waals surface area contributed by atoms with E-state index in [9.17, 15) is 9.59 Å². The van der Waals surface area contributed by atoms with Crippen LogP contribution in [0.1, 0.15) is 12.0 Å². The van der Waals surface area contributed by atoms with E-state index in [4.69, 9.17) is 16.9 Å². The van der Waals surface area contributed by atoms with Crippen molar-refractivity contribution < 1.29 is 9.59 Å². The van der Waals surface area contributed by atoms with Crippen LogP contribution >= 0.6 is 11.6 Å². The van der Waals surface area contributed by atoms with Crippen LogP contribution in [0.4, 0.5) is 11.4 Å². The van der Waals surface area contributed by atoms with Crippen LogP contribution in [-0.2, 0) is 16.0 Å². The number of amides is 2. The van der Waals surface area contributed by atoms with Gasteiger partial charge in [0.25, 0.3) is 0 Å². The molecule has 1 aliphatic rings. The summed E-state index contributed by atoms with van der Waals surface area (Å²) >= 11 is 5.98. The number of hydrogen-bond donors (Lipinski definition) is 1. The highest BCUT2D eigenvalue weighted by molar-refractivity contribution is 6.31. The van der Waals surface area contributed by atoms with Crippen LogP contribution in [0.2, 0.25) is 5.02 Å². The summed E-state index contributed by atoms with van der Waals surface area (Å²) < 4.78 is 0. The summed E-state index contributed by atoms with van der Waals surface area (Å²) in [6.07, 6.45) is 0.505. The lowest BCUT2D eigenvalue weighted by molar-refractivity contribution is -0.122. The normalized spacial score (nSPS) is 16.6. The Morgan fingerprint density at radius 2 is 2.04 bits per heavy atom. The molecule has 1 saturated heterocycles. The molecule has 5 nitrogen and oxygen atoms in total. The second-order valence-corrected chi connectivity index (χ2v) is 6.34. The van der Waals surface area contributed by atoms with E-state index < -0.39 is 5.92 Å². The van der Waals surface area contributed by atoms with Crippen molar-refractivity contribution in [1.29, 1.82) is 5.26 Å². The van der Waals surface area contributed by atoms with Crippen LogP contribution in [0.15, 0.2) is 48.5 Å². The number of nitriles is 1. The van der Waals surface area contributed by atoms with Gasteiger partial charge in [-0.3, -0.25) is 9.59 Å². The summed E-state index contributed by atoms with van der Waals surface area (Å²) in [5, 5.41) is 12.1. The lowest BCUT2D eigenvalue weighted by Crippen LogP contribution is -2.28. The van der Waals surface area contributed by atoms with Crippen LogP contribution < -0.4 is 10.2 Å². The highest BCUT2D eigenvalue weighted by Crippen LogP contribution is 2.27. The molecule has 1 fully saturated rings. The molecule has 2 aromatic carbocycles. The molecule has 0 radical (unpaired) electrons. The Labute approximate surface area is 150 Å². The van der Waals surface area contributed by atoms with E-state index in [2.05, 4.69) is 11.4 Å². The van der Waals surface area contributed by atoms with E-state index in [1.54, 1.807) is 53.4 Å². The van der Waals surface area contributed by atoms with Crippen LogP contribution in [0, 0.1) is 17.2 Å². The molecule has 6 heteroatoms. The number of carbonyl (C=O) groups excluding carboxylic acids is 2. The molecule has 3 rings (SSSR count). The number of hydrogen-bond acceptors (Lipinski definition) is 3. The van der Waals surface area contributed by atoms with Crippen molar-refractivity contribution in [3.8, 4) is 6.07 Å². The Kier molecular flexibility index (Phi) is 5.01. The maximum atomic E-state index is 12.4.